The molecule has 24 heavy (non-hydrogen) atoms. The first-order valence-corrected chi connectivity index (χ1v) is 8.79. The van der Waals surface area contributed by atoms with E-state index in [1.54, 1.807) is 0 Å². The van der Waals surface area contributed by atoms with E-state index < -0.39 is 0 Å². The largest absolute Gasteiger partial charge is 0.325 e. The minimum absolute atomic E-state index is 0.0279. The van der Waals surface area contributed by atoms with Gasteiger partial charge in [-0.15, -0.1) is 0 Å². The van der Waals surface area contributed by atoms with Gasteiger partial charge < -0.3 is 10.2 Å². The van der Waals surface area contributed by atoms with E-state index in [9.17, 15) is 4.79 Å². The summed E-state index contributed by atoms with van der Waals surface area (Å²) >= 11 is 0. The number of benzene rings is 2. The van der Waals surface area contributed by atoms with Crippen molar-refractivity contribution in [3.8, 4) is 0 Å². The first-order valence-electron chi connectivity index (χ1n) is 8.79. The molecule has 1 saturated heterocycles. The van der Waals surface area contributed by atoms with Crippen LogP contribution >= 0.6 is 0 Å². The zero-order chi connectivity index (χ0) is 16.9. The number of anilines is 1. The van der Waals surface area contributed by atoms with Gasteiger partial charge in [-0.25, -0.2) is 4.79 Å². The number of carbonyl (C=O) groups excluding carboxylic acids is 1. The minimum atomic E-state index is 0.0279. The van der Waals surface area contributed by atoms with Crippen molar-refractivity contribution < 1.29 is 4.79 Å². The molecule has 1 N–H and O–H groups in total. The van der Waals surface area contributed by atoms with Crippen molar-refractivity contribution in [3.05, 3.63) is 65.2 Å². The first kappa shape index (κ1) is 16.6. The van der Waals surface area contributed by atoms with Crippen molar-refractivity contribution >= 4 is 11.7 Å². The molecule has 126 valence electrons. The van der Waals surface area contributed by atoms with Gasteiger partial charge in [0.05, 0.1) is 0 Å². The maximum Gasteiger partial charge on any atom is 0.321 e. The number of amides is 2. The molecule has 2 amide bonds. The molecule has 0 aliphatic carbocycles. The minimum Gasteiger partial charge on any atom is -0.325 e. The first-order chi connectivity index (χ1) is 11.6. The van der Waals surface area contributed by atoms with Crippen LogP contribution in [0, 0.1) is 19.8 Å². The molecule has 0 radical (unpaired) electrons. The quantitative estimate of drug-likeness (QED) is 0.865. The van der Waals surface area contributed by atoms with Gasteiger partial charge in [0.2, 0.25) is 0 Å². The summed E-state index contributed by atoms with van der Waals surface area (Å²) in [5.74, 6) is 0.678. The van der Waals surface area contributed by atoms with Crippen LogP contribution in [0.1, 0.15) is 29.5 Å². The Balaban J connectivity index is 1.51. The second-order valence-electron chi connectivity index (χ2n) is 6.87. The lowest BCUT2D eigenvalue weighted by molar-refractivity contribution is 0.182. The van der Waals surface area contributed by atoms with Crippen LogP contribution in [0.25, 0.3) is 0 Å². The van der Waals surface area contributed by atoms with Crippen LogP contribution in [0.4, 0.5) is 10.5 Å². The second kappa shape index (κ2) is 7.52. The molecule has 3 heteroatoms. The van der Waals surface area contributed by atoms with Crippen LogP contribution in [-0.2, 0) is 6.42 Å². The number of nitrogens with one attached hydrogen (secondary N) is 1. The molecular weight excluding hydrogens is 296 g/mol. The van der Waals surface area contributed by atoms with Crippen molar-refractivity contribution in [3.63, 3.8) is 0 Å². The van der Waals surface area contributed by atoms with E-state index in [2.05, 4.69) is 48.6 Å². The van der Waals surface area contributed by atoms with Crippen molar-refractivity contribution in [2.45, 2.75) is 33.1 Å². The van der Waals surface area contributed by atoms with Gasteiger partial charge in [-0.2, -0.15) is 0 Å². The highest BCUT2D eigenvalue weighted by molar-refractivity contribution is 5.90. The van der Waals surface area contributed by atoms with E-state index in [1.807, 2.05) is 24.0 Å². The Morgan fingerprint density at radius 1 is 1.08 bits per heavy atom. The number of piperidine rings is 1. The van der Waals surface area contributed by atoms with Crippen molar-refractivity contribution in [1.82, 2.24) is 4.90 Å². The van der Waals surface area contributed by atoms with E-state index in [0.29, 0.717) is 5.92 Å². The van der Waals surface area contributed by atoms with Gasteiger partial charge in [0.25, 0.3) is 0 Å². The average molecular weight is 322 g/mol. The summed E-state index contributed by atoms with van der Waals surface area (Å²) in [6.07, 6.45) is 3.28. The predicted molar refractivity (Wildman–Crippen MR) is 99.4 cm³/mol. The van der Waals surface area contributed by atoms with E-state index in [0.717, 1.165) is 43.6 Å². The maximum atomic E-state index is 12.5. The normalized spacial score (nSPS) is 15.3. The maximum absolute atomic E-state index is 12.5. The zero-order valence-corrected chi connectivity index (χ0v) is 14.6. The van der Waals surface area contributed by atoms with Crippen molar-refractivity contribution in [2.75, 3.05) is 18.4 Å². The second-order valence-corrected chi connectivity index (χ2v) is 6.87. The smallest absolute Gasteiger partial charge is 0.321 e. The Bertz CT molecular complexity index is 688. The van der Waals surface area contributed by atoms with Crippen molar-refractivity contribution in [1.29, 1.82) is 0 Å². The molecule has 0 aromatic heterocycles. The fourth-order valence-electron chi connectivity index (χ4n) is 3.44. The molecule has 1 fully saturated rings. The van der Waals surface area contributed by atoms with Crippen molar-refractivity contribution in [2.24, 2.45) is 5.92 Å². The zero-order valence-electron chi connectivity index (χ0n) is 14.6. The summed E-state index contributed by atoms with van der Waals surface area (Å²) in [6.45, 7) is 5.79. The highest BCUT2D eigenvalue weighted by Gasteiger charge is 2.23. The molecular formula is C21H26N2O. The fraction of sp³-hybridized carbons (Fsp3) is 0.381. The molecule has 3 nitrogen and oxygen atoms in total. The summed E-state index contributed by atoms with van der Waals surface area (Å²) in [4.78, 5) is 14.4. The number of hydrogen-bond donors (Lipinski definition) is 1. The van der Waals surface area contributed by atoms with E-state index in [-0.39, 0.29) is 6.03 Å². The lowest BCUT2D eigenvalue weighted by Gasteiger charge is -2.32. The molecule has 0 bridgehead atoms. The number of hydrogen-bond acceptors (Lipinski definition) is 1. The molecule has 0 atom stereocenters. The highest BCUT2D eigenvalue weighted by Crippen LogP contribution is 2.23. The number of aryl methyl sites for hydroxylation is 2. The number of carbonyl (C=O) groups is 1. The van der Waals surface area contributed by atoms with Gasteiger partial charge >= 0.3 is 6.03 Å². The Kier molecular flexibility index (Phi) is 5.19. The third-order valence-electron chi connectivity index (χ3n) is 4.89. The van der Waals surface area contributed by atoms with Gasteiger partial charge in [0.1, 0.15) is 0 Å². The Morgan fingerprint density at radius 3 is 2.46 bits per heavy atom. The molecule has 0 unspecified atom stereocenters. The van der Waals surface area contributed by atoms with Gasteiger partial charge in [0, 0.05) is 18.8 Å². The molecule has 1 heterocycles. The molecule has 1 aliphatic heterocycles. The third kappa shape index (κ3) is 4.16. The van der Waals surface area contributed by atoms with Crippen LogP contribution in [0.15, 0.2) is 48.5 Å². The van der Waals surface area contributed by atoms with Crippen LogP contribution in [0.2, 0.25) is 0 Å². The summed E-state index contributed by atoms with van der Waals surface area (Å²) in [6, 6.07) is 16.8. The van der Waals surface area contributed by atoms with Crippen LogP contribution < -0.4 is 5.32 Å². The third-order valence-corrected chi connectivity index (χ3v) is 4.89. The summed E-state index contributed by atoms with van der Waals surface area (Å²) < 4.78 is 0. The standard InChI is InChI=1S/C21H26N2O/c1-16-8-9-20(17(2)14-16)22-21(24)23-12-10-19(11-13-23)15-18-6-4-3-5-7-18/h3-9,14,19H,10-13,15H2,1-2H3,(H,22,24). The SMILES string of the molecule is Cc1ccc(NC(=O)N2CCC(Cc3ccccc3)CC2)c(C)c1. The predicted octanol–water partition coefficient (Wildman–Crippen LogP) is 4.79. The summed E-state index contributed by atoms with van der Waals surface area (Å²) in [7, 11) is 0. The lowest BCUT2D eigenvalue weighted by Crippen LogP contribution is -2.41. The number of nitrogens with zero attached hydrogens (tertiary/aromatic N) is 1. The van der Waals surface area contributed by atoms with E-state index in [4.69, 9.17) is 0 Å². The fourth-order valence-corrected chi connectivity index (χ4v) is 3.44. The highest BCUT2D eigenvalue weighted by atomic mass is 16.2. The summed E-state index contributed by atoms with van der Waals surface area (Å²) in [5, 5.41) is 3.06. The summed E-state index contributed by atoms with van der Waals surface area (Å²) in [5.41, 5.74) is 4.64. The molecule has 3 rings (SSSR count). The number of rotatable bonds is 3. The molecule has 2 aromatic carbocycles. The van der Waals surface area contributed by atoms with Gasteiger partial charge in [-0.1, -0.05) is 48.0 Å². The Hall–Kier alpha value is -2.29. The van der Waals surface area contributed by atoms with Crippen LogP contribution in [0.3, 0.4) is 0 Å². The average Bonchev–Trinajstić information content (AvgIpc) is 2.59. The molecule has 1 aliphatic rings. The molecule has 2 aromatic rings. The molecule has 0 spiro atoms. The molecule has 0 saturated carbocycles. The monoisotopic (exact) mass is 322 g/mol. The van der Waals surface area contributed by atoms with Gasteiger partial charge in [0.15, 0.2) is 0 Å². The topological polar surface area (TPSA) is 32.3 Å². The number of urea groups is 1. The van der Waals surface area contributed by atoms with Gasteiger partial charge in [-0.05, 0) is 56.2 Å². The Morgan fingerprint density at radius 2 is 1.79 bits per heavy atom. The van der Waals surface area contributed by atoms with Crippen LogP contribution in [-0.4, -0.2) is 24.0 Å². The number of likely N-dealkylation sites (tertiary alicyclic amines) is 1. The van der Waals surface area contributed by atoms with Gasteiger partial charge in [-0.3, -0.25) is 0 Å². The Labute approximate surface area is 144 Å². The van der Waals surface area contributed by atoms with Crippen LogP contribution in [0.5, 0.6) is 0 Å². The van der Waals surface area contributed by atoms with E-state index in [1.165, 1.54) is 11.1 Å². The lowest BCUT2D eigenvalue weighted by atomic mass is 9.90. The van der Waals surface area contributed by atoms with E-state index >= 15 is 0 Å².